The highest BCUT2D eigenvalue weighted by Gasteiger charge is 2.23. The largest absolute Gasteiger partial charge is 0.387 e. The molecular formula is C18H23FN4O. The van der Waals surface area contributed by atoms with Gasteiger partial charge in [0.2, 0.25) is 0 Å². The fourth-order valence-electron chi connectivity index (χ4n) is 3.03. The van der Waals surface area contributed by atoms with Gasteiger partial charge in [-0.3, -0.25) is 4.90 Å². The number of halogens is 1. The molecule has 0 spiro atoms. The molecule has 1 atom stereocenters. The number of piperazine rings is 1. The number of hydrogen-bond acceptors (Lipinski definition) is 5. The zero-order valence-corrected chi connectivity index (χ0v) is 13.9. The minimum Gasteiger partial charge on any atom is -0.387 e. The monoisotopic (exact) mass is 330 g/mol. The van der Waals surface area contributed by atoms with Gasteiger partial charge in [0.25, 0.3) is 0 Å². The Hall–Kier alpha value is -2.05. The first-order valence-electron chi connectivity index (χ1n) is 8.38. The van der Waals surface area contributed by atoms with Gasteiger partial charge in [0.1, 0.15) is 6.33 Å². The molecule has 1 fully saturated rings. The predicted octanol–water partition coefficient (Wildman–Crippen LogP) is 2.03. The first kappa shape index (κ1) is 16.8. The number of benzene rings is 1. The second-order valence-corrected chi connectivity index (χ2v) is 6.03. The van der Waals surface area contributed by atoms with Crippen molar-refractivity contribution >= 4 is 5.82 Å². The Morgan fingerprint density at radius 2 is 1.83 bits per heavy atom. The van der Waals surface area contributed by atoms with Crippen LogP contribution in [0.4, 0.5) is 10.2 Å². The number of aliphatic hydroxyl groups excluding tert-OH is 1. The summed E-state index contributed by atoms with van der Waals surface area (Å²) in [5.41, 5.74) is 1.39. The summed E-state index contributed by atoms with van der Waals surface area (Å²) in [4.78, 5) is 12.3. The van der Waals surface area contributed by atoms with Gasteiger partial charge in [-0.25, -0.2) is 14.4 Å². The van der Waals surface area contributed by atoms with Crippen molar-refractivity contribution in [2.45, 2.75) is 19.4 Å². The molecule has 5 nitrogen and oxygen atoms in total. The van der Waals surface area contributed by atoms with Crippen molar-refractivity contribution in [1.29, 1.82) is 0 Å². The number of anilines is 1. The van der Waals surface area contributed by atoms with Crippen LogP contribution in [0, 0.1) is 5.82 Å². The number of aromatic nitrogens is 2. The molecule has 0 saturated carbocycles. The molecule has 128 valence electrons. The number of rotatable bonds is 5. The number of hydrogen-bond donors (Lipinski definition) is 1. The van der Waals surface area contributed by atoms with Gasteiger partial charge in [0.05, 0.1) is 11.8 Å². The zero-order chi connectivity index (χ0) is 16.9. The molecule has 0 radical (unpaired) electrons. The maximum absolute atomic E-state index is 14.4. The van der Waals surface area contributed by atoms with Crippen molar-refractivity contribution in [3.63, 3.8) is 0 Å². The van der Waals surface area contributed by atoms with Crippen LogP contribution in [-0.4, -0.2) is 52.7 Å². The Kier molecular flexibility index (Phi) is 5.37. The molecule has 0 unspecified atom stereocenters. The molecule has 1 aliphatic rings. The van der Waals surface area contributed by atoms with E-state index in [-0.39, 0.29) is 5.82 Å². The van der Waals surface area contributed by atoms with E-state index in [1.54, 1.807) is 0 Å². The Labute approximate surface area is 141 Å². The summed E-state index contributed by atoms with van der Waals surface area (Å²) < 4.78 is 14.4. The molecule has 3 rings (SSSR count). The van der Waals surface area contributed by atoms with Gasteiger partial charge in [-0.2, -0.15) is 0 Å². The standard InChI is InChI=1S/C18H23FN4O/c1-2-15-17(19)18(21-13-20-15)23-10-8-22(9-11-23)12-16(24)14-6-4-3-5-7-14/h3-7,13,16,24H,2,8-12H2,1H3/t16-/m0/s1. The molecule has 0 aliphatic carbocycles. The Morgan fingerprint density at radius 1 is 1.12 bits per heavy atom. The van der Waals surface area contributed by atoms with Crippen molar-refractivity contribution in [3.05, 3.63) is 53.7 Å². The SMILES string of the molecule is CCc1ncnc(N2CCN(C[C@H](O)c3ccccc3)CC2)c1F. The molecule has 1 N–H and O–H groups in total. The Balaban J connectivity index is 1.58. The van der Waals surface area contributed by atoms with E-state index in [4.69, 9.17) is 0 Å². The van der Waals surface area contributed by atoms with Crippen molar-refractivity contribution in [3.8, 4) is 0 Å². The van der Waals surface area contributed by atoms with E-state index < -0.39 is 6.10 Å². The summed E-state index contributed by atoms with van der Waals surface area (Å²) >= 11 is 0. The van der Waals surface area contributed by atoms with Gasteiger partial charge in [-0.1, -0.05) is 37.3 Å². The lowest BCUT2D eigenvalue weighted by Gasteiger charge is -2.36. The first-order chi connectivity index (χ1) is 11.7. The molecule has 0 amide bonds. The number of aliphatic hydroxyl groups is 1. The van der Waals surface area contributed by atoms with E-state index in [2.05, 4.69) is 14.9 Å². The van der Waals surface area contributed by atoms with Gasteiger partial charge < -0.3 is 10.0 Å². The number of aryl methyl sites for hydroxylation is 1. The quantitative estimate of drug-likeness (QED) is 0.909. The minimum atomic E-state index is -0.500. The van der Waals surface area contributed by atoms with Gasteiger partial charge in [-0.05, 0) is 12.0 Å². The van der Waals surface area contributed by atoms with Crippen molar-refractivity contribution in [2.75, 3.05) is 37.6 Å². The van der Waals surface area contributed by atoms with E-state index in [1.165, 1.54) is 6.33 Å². The lowest BCUT2D eigenvalue weighted by atomic mass is 10.1. The van der Waals surface area contributed by atoms with Crippen LogP contribution in [0.1, 0.15) is 24.3 Å². The number of β-amino-alcohol motifs (C(OH)–C–C–N with tert-alkyl or cyclic N) is 1. The summed E-state index contributed by atoms with van der Waals surface area (Å²) in [5, 5.41) is 10.3. The molecule has 1 aromatic heterocycles. The van der Waals surface area contributed by atoms with E-state index in [1.807, 2.05) is 42.2 Å². The van der Waals surface area contributed by atoms with Gasteiger partial charge >= 0.3 is 0 Å². The maximum Gasteiger partial charge on any atom is 0.187 e. The van der Waals surface area contributed by atoms with Crippen molar-refractivity contribution < 1.29 is 9.50 Å². The van der Waals surface area contributed by atoms with E-state index in [9.17, 15) is 9.50 Å². The average molecular weight is 330 g/mol. The van der Waals surface area contributed by atoms with Crippen molar-refractivity contribution in [2.24, 2.45) is 0 Å². The molecule has 6 heteroatoms. The second-order valence-electron chi connectivity index (χ2n) is 6.03. The summed E-state index contributed by atoms with van der Waals surface area (Å²) in [6, 6.07) is 9.67. The third kappa shape index (κ3) is 3.71. The van der Waals surface area contributed by atoms with Crippen LogP contribution in [0.3, 0.4) is 0 Å². The third-order valence-electron chi connectivity index (χ3n) is 4.47. The fourth-order valence-corrected chi connectivity index (χ4v) is 3.03. The maximum atomic E-state index is 14.4. The van der Waals surface area contributed by atoms with Gasteiger partial charge in [0.15, 0.2) is 11.6 Å². The van der Waals surface area contributed by atoms with Crippen LogP contribution in [0.2, 0.25) is 0 Å². The summed E-state index contributed by atoms with van der Waals surface area (Å²) in [7, 11) is 0. The highest BCUT2D eigenvalue weighted by molar-refractivity contribution is 5.41. The topological polar surface area (TPSA) is 52.5 Å². The zero-order valence-electron chi connectivity index (χ0n) is 13.9. The minimum absolute atomic E-state index is 0.308. The van der Waals surface area contributed by atoms with Crippen LogP contribution in [0.25, 0.3) is 0 Å². The first-order valence-corrected chi connectivity index (χ1v) is 8.38. The molecule has 0 bridgehead atoms. The lowest BCUT2D eigenvalue weighted by molar-refractivity contribution is 0.109. The van der Waals surface area contributed by atoms with Crippen LogP contribution in [0.15, 0.2) is 36.7 Å². The second kappa shape index (κ2) is 7.68. The smallest absolute Gasteiger partial charge is 0.187 e. The van der Waals surface area contributed by atoms with E-state index >= 15 is 0 Å². The predicted molar refractivity (Wildman–Crippen MR) is 91.4 cm³/mol. The average Bonchev–Trinajstić information content (AvgIpc) is 2.63. The summed E-state index contributed by atoms with van der Waals surface area (Å²) in [5.74, 6) is 0.0860. The molecule has 2 heterocycles. The van der Waals surface area contributed by atoms with E-state index in [0.29, 0.717) is 37.6 Å². The Morgan fingerprint density at radius 3 is 2.50 bits per heavy atom. The Bertz CT molecular complexity index is 659. The highest BCUT2D eigenvalue weighted by atomic mass is 19.1. The van der Waals surface area contributed by atoms with Crippen LogP contribution < -0.4 is 4.90 Å². The number of nitrogens with zero attached hydrogens (tertiary/aromatic N) is 4. The van der Waals surface area contributed by atoms with Gasteiger partial charge in [-0.15, -0.1) is 0 Å². The lowest BCUT2D eigenvalue weighted by Crippen LogP contribution is -2.48. The molecule has 1 saturated heterocycles. The third-order valence-corrected chi connectivity index (χ3v) is 4.47. The highest BCUT2D eigenvalue weighted by Crippen LogP contribution is 2.21. The molecule has 2 aromatic rings. The van der Waals surface area contributed by atoms with Crippen LogP contribution in [-0.2, 0) is 6.42 Å². The fraction of sp³-hybridized carbons (Fsp3) is 0.444. The summed E-state index contributed by atoms with van der Waals surface area (Å²) in [6.45, 7) is 5.41. The molecule has 1 aliphatic heterocycles. The van der Waals surface area contributed by atoms with Crippen molar-refractivity contribution in [1.82, 2.24) is 14.9 Å². The molecular weight excluding hydrogens is 307 g/mol. The van der Waals surface area contributed by atoms with Crippen LogP contribution in [0.5, 0.6) is 0 Å². The van der Waals surface area contributed by atoms with Gasteiger partial charge in [0, 0.05) is 32.7 Å². The van der Waals surface area contributed by atoms with E-state index in [0.717, 1.165) is 18.7 Å². The molecule has 24 heavy (non-hydrogen) atoms. The van der Waals surface area contributed by atoms with Crippen LogP contribution >= 0.6 is 0 Å². The normalized spacial score (nSPS) is 17.0. The summed E-state index contributed by atoms with van der Waals surface area (Å²) in [6.07, 6.45) is 1.49. The molecule has 1 aromatic carbocycles.